The van der Waals surface area contributed by atoms with Crippen LogP contribution in [0.2, 0.25) is 0 Å². The van der Waals surface area contributed by atoms with Gasteiger partial charge in [0.2, 0.25) is 5.91 Å². The van der Waals surface area contributed by atoms with Gasteiger partial charge in [-0.25, -0.2) is 0 Å². The van der Waals surface area contributed by atoms with Crippen LogP contribution in [-0.2, 0) is 17.8 Å². The maximum Gasteiger partial charge on any atom is 0.229 e. The number of carbonyl (C=O) groups is 1. The fourth-order valence-corrected chi connectivity index (χ4v) is 4.60. The molecule has 2 aliphatic heterocycles. The first-order valence-electron chi connectivity index (χ1n) is 7.80. The van der Waals surface area contributed by atoms with E-state index in [1.807, 2.05) is 11.3 Å². The number of amides is 1. The quantitative estimate of drug-likeness (QED) is 0.929. The average molecular weight is 292 g/mol. The Morgan fingerprint density at radius 2 is 2.25 bits per heavy atom. The lowest BCUT2D eigenvalue weighted by Crippen LogP contribution is -2.50. The minimum atomic E-state index is -0.0898. The van der Waals surface area contributed by atoms with Crippen molar-refractivity contribution in [3.63, 3.8) is 0 Å². The molecule has 20 heavy (non-hydrogen) atoms. The molecule has 3 rings (SSSR count). The highest BCUT2D eigenvalue weighted by molar-refractivity contribution is 7.10. The Kier molecular flexibility index (Phi) is 4.13. The number of thiophene rings is 1. The number of fused-ring (bicyclic) bond motifs is 1. The zero-order valence-electron chi connectivity index (χ0n) is 12.3. The van der Waals surface area contributed by atoms with E-state index in [0.717, 1.165) is 58.3 Å². The van der Waals surface area contributed by atoms with E-state index in [1.165, 1.54) is 10.4 Å². The van der Waals surface area contributed by atoms with E-state index < -0.39 is 0 Å². The van der Waals surface area contributed by atoms with E-state index >= 15 is 0 Å². The lowest BCUT2D eigenvalue weighted by atomic mass is 9.74. The molecular weight excluding hydrogens is 268 g/mol. The lowest BCUT2D eigenvalue weighted by molar-refractivity contribution is -0.145. The van der Waals surface area contributed by atoms with Crippen molar-refractivity contribution in [3.05, 3.63) is 21.9 Å². The predicted octanol–water partition coefficient (Wildman–Crippen LogP) is 2.80. The fraction of sp³-hybridized carbons (Fsp3) is 0.688. The summed E-state index contributed by atoms with van der Waals surface area (Å²) >= 11 is 1.84. The van der Waals surface area contributed by atoms with Crippen molar-refractivity contribution in [3.8, 4) is 0 Å². The fourth-order valence-electron chi connectivity index (χ4n) is 3.71. The van der Waals surface area contributed by atoms with Gasteiger partial charge in [0.1, 0.15) is 0 Å². The zero-order chi connectivity index (χ0) is 14.0. The van der Waals surface area contributed by atoms with Crippen LogP contribution in [0.1, 0.15) is 43.0 Å². The molecule has 0 spiro atoms. The summed E-state index contributed by atoms with van der Waals surface area (Å²) in [5.74, 6) is 0.415. The van der Waals surface area contributed by atoms with Crippen LogP contribution in [0.25, 0.3) is 0 Å². The zero-order valence-corrected chi connectivity index (χ0v) is 13.1. The van der Waals surface area contributed by atoms with E-state index in [0.29, 0.717) is 5.91 Å². The highest BCUT2D eigenvalue weighted by atomic mass is 32.1. The van der Waals surface area contributed by atoms with Crippen molar-refractivity contribution in [1.29, 1.82) is 0 Å². The topological polar surface area (TPSA) is 32.3 Å². The van der Waals surface area contributed by atoms with E-state index in [9.17, 15) is 4.79 Å². The molecule has 0 radical (unpaired) electrons. The molecule has 4 heteroatoms. The number of carbonyl (C=O) groups excluding carboxylic acids is 1. The maximum atomic E-state index is 13.1. The van der Waals surface area contributed by atoms with Crippen molar-refractivity contribution in [2.24, 2.45) is 5.41 Å². The molecule has 1 fully saturated rings. The summed E-state index contributed by atoms with van der Waals surface area (Å²) in [7, 11) is 0. The smallest absolute Gasteiger partial charge is 0.229 e. The maximum absolute atomic E-state index is 13.1. The van der Waals surface area contributed by atoms with Crippen LogP contribution < -0.4 is 5.32 Å². The van der Waals surface area contributed by atoms with Crippen molar-refractivity contribution in [1.82, 2.24) is 10.2 Å². The van der Waals surface area contributed by atoms with E-state index in [1.54, 1.807) is 0 Å². The van der Waals surface area contributed by atoms with Gasteiger partial charge in [-0.15, -0.1) is 11.3 Å². The minimum Gasteiger partial charge on any atom is -0.337 e. The monoisotopic (exact) mass is 292 g/mol. The predicted molar refractivity (Wildman–Crippen MR) is 82.9 cm³/mol. The van der Waals surface area contributed by atoms with Gasteiger partial charge >= 0.3 is 0 Å². The van der Waals surface area contributed by atoms with Gasteiger partial charge in [0.15, 0.2) is 0 Å². The molecule has 3 nitrogen and oxygen atoms in total. The van der Waals surface area contributed by atoms with Crippen LogP contribution in [0.15, 0.2) is 11.4 Å². The van der Waals surface area contributed by atoms with Crippen LogP contribution in [0, 0.1) is 5.41 Å². The van der Waals surface area contributed by atoms with Gasteiger partial charge < -0.3 is 10.2 Å². The number of hydrogen-bond acceptors (Lipinski definition) is 3. The Morgan fingerprint density at radius 3 is 3.00 bits per heavy atom. The Morgan fingerprint density at radius 1 is 1.45 bits per heavy atom. The average Bonchev–Trinajstić information content (AvgIpc) is 2.95. The molecule has 1 N–H and O–H groups in total. The Hall–Kier alpha value is -0.870. The highest BCUT2D eigenvalue weighted by Gasteiger charge is 2.41. The summed E-state index contributed by atoms with van der Waals surface area (Å²) in [4.78, 5) is 16.7. The number of hydrogen-bond donors (Lipinski definition) is 1. The van der Waals surface area contributed by atoms with Crippen molar-refractivity contribution >= 4 is 17.2 Å². The van der Waals surface area contributed by atoms with Crippen LogP contribution in [0.3, 0.4) is 0 Å². The van der Waals surface area contributed by atoms with Crippen molar-refractivity contribution < 1.29 is 4.79 Å². The molecule has 3 heterocycles. The highest BCUT2D eigenvalue weighted by Crippen LogP contribution is 2.37. The molecule has 0 saturated carbocycles. The van der Waals surface area contributed by atoms with Crippen LogP contribution in [0.5, 0.6) is 0 Å². The lowest BCUT2D eigenvalue weighted by Gasteiger charge is -2.41. The van der Waals surface area contributed by atoms with Gasteiger partial charge in [-0.05, 0) is 55.8 Å². The van der Waals surface area contributed by atoms with E-state index in [4.69, 9.17) is 0 Å². The second-order valence-electron chi connectivity index (χ2n) is 6.13. The third-order valence-corrected chi connectivity index (χ3v) is 5.86. The molecule has 0 atom stereocenters. The molecule has 0 bridgehead atoms. The Balaban J connectivity index is 1.77. The third kappa shape index (κ3) is 2.51. The van der Waals surface area contributed by atoms with E-state index in [-0.39, 0.29) is 5.41 Å². The summed E-state index contributed by atoms with van der Waals surface area (Å²) in [5, 5.41) is 5.56. The number of piperidine rings is 1. The Bertz CT molecular complexity index is 471. The third-order valence-electron chi connectivity index (χ3n) is 4.84. The molecule has 110 valence electrons. The summed E-state index contributed by atoms with van der Waals surface area (Å²) in [6, 6.07) is 2.19. The van der Waals surface area contributed by atoms with Crippen LogP contribution in [-0.4, -0.2) is 30.4 Å². The molecular formula is C16H24N2OS. The van der Waals surface area contributed by atoms with Gasteiger partial charge in [0.05, 0.1) is 5.41 Å². The first-order chi connectivity index (χ1) is 9.75. The van der Waals surface area contributed by atoms with Crippen LogP contribution >= 0.6 is 11.3 Å². The molecule has 1 saturated heterocycles. The summed E-state index contributed by atoms with van der Waals surface area (Å²) < 4.78 is 0. The normalized spacial score (nSPS) is 21.6. The number of nitrogens with zero attached hydrogens (tertiary/aromatic N) is 1. The molecule has 1 aromatic rings. The number of rotatable bonds is 3. The molecule has 1 aromatic heterocycles. The van der Waals surface area contributed by atoms with Gasteiger partial charge in [0.25, 0.3) is 0 Å². The largest absolute Gasteiger partial charge is 0.337 e. The SMILES string of the molecule is CCCC1(C(=O)N2CCc3sccc3C2)CCNCC1. The van der Waals surface area contributed by atoms with Gasteiger partial charge in [-0.1, -0.05) is 13.3 Å². The van der Waals surface area contributed by atoms with Crippen molar-refractivity contribution in [2.45, 2.75) is 45.6 Å². The minimum absolute atomic E-state index is 0.0898. The molecule has 0 aliphatic carbocycles. The summed E-state index contributed by atoms with van der Waals surface area (Å²) in [6.45, 7) is 5.92. The van der Waals surface area contributed by atoms with Gasteiger partial charge in [-0.2, -0.15) is 0 Å². The first-order valence-corrected chi connectivity index (χ1v) is 8.68. The second-order valence-corrected chi connectivity index (χ2v) is 7.13. The Labute approximate surface area is 125 Å². The van der Waals surface area contributed by atoms with Crippen molar-refractivity contribution in [2.75, 3.05) is 19.6 Å². The molecule has 1 amide bonds. The molecule has 0 aromatic carbocycles. The standard InChI is InChI=1S/C16H24N2OS/c1-2-5-16(6-8-17-9-7-16)15(19)18-10-3-14-13(12-18)4-11-20-14/h4,11,17H,2-3,5-10,12H2,1H3. The summed E-state index contributed by atoms with van der Waals surface area (Å²) in [6.07, 6.45) is 5.20. The molecule has 0 unspecified atom stereocenters. The second kappa shape index (κ2) is 5.86. The first kappa shape index (κ1) is 14.1. The van der Waals surface area contributed by atoms with Crippen LogP contribution in [0.4, 0.5) is 0 Å². The van der Waals surface area contributed by atoms with E-state index in [2.05, 4.69) is 28.6 Å². The summed E-state index contributed by atoms with van der Waals surface area (Å²) in [5.41, 5.74) is 1.28. The van der Waals surface area contributed by atoms with Gasteiger partial charge in [0, 0.05) is 18.0 Å². The van der Waals surface area contributed by atoms with Gasteiger partial charge in [-0.3, -0.25) is 4.79 Å². The molecule has 2 aliphatic rings. The number of nitrogens with one attached hydrogen (secondary N) is 1.